The lowest BCUT2D eigenvalue weighted by Crippen LogP contribution is -2.45. The zero-order valence-electron chi connectivity index (χ0n) is 54.3. The molecular weight excluding hydrogens is 1020 g/mol. The van der Waals surface area contributed by atoms with Crippen LogP contribution in [-0.4, -0.2) is 73.4 Å². The van der Waals surface area contributed by atoms with Crippen LogP contribution >= 0.6 is 7.82 Å². The molecule has 0 saturated heterocycles. The van der Waals surface area contributed by atoms with E-state index in [-0.39, 0.29) is 19.1 Å². The highest BCUT2D eigenvalue weighted by molar-refractivity contribution is 7.47. The van der Waals surface area contributed by atoms with Crippen LogP contribution in [0.2, 0.25) is 0 Å². The monoisotopic (exact) mass is 1160 g/mol. The van der Waals surface area contributed by atoms with Crippen molar-refractivity contribution in [3.05, 3.63) is 72.9 Å². The number of phosphoric ester groups is 1. The maximum Gasteiger partial charge on any atom is 0.472 e. The molecule has 9 heteroatoms. The summed E-state index contributed by atoms with van der Waals surface area (Å²) in [7, 11) is 1.58. The number of aliphatic hydroxyl groups is 1. The Labute approximate surface area is 504 Å². The molecular formula is C72H136N2O6P+. The molecule has 0 aromatic rings. The van der Waals surface area contributed by atoms with Gasteiger partial charge in [-0.3, -0.25) is 13.8 Å². The van der Waals surface area contributed by atoms with E-state index in [9.17, 15) is 19.4 Å². The minimum Gasteiger partial charge on any atom is -0.387 e. The molecule has 0 aliphatic carbocycles. The van der Waals surface area contributed by atoms with E-state index in [4.69, 9.17) is 9.05 Å². The average Bonchev–Trinajstić information content (AvgIpc) is 3.43. The maximum absolute atomic E-state index is 13.0. The second-order valence-electron chi connectivity index (χ2n) is 24.9. The first-order valence-electron chi connectivity index (χ1n) is 34.8. The highest BCUT2D eigenvalue weighted by Gasteiger charge is 2.28. The van der Waals surface area contributed by atoms with Gasteiger partial charge in [-0.2, -0.15) is 0 Å². The van der Waals surface area contributed by atoms with Gasteiger partial charge in [0.15, 0.2) is 0 Å². The number of likely N-dealkylation sites (N-methyl/N-ethyl adjacent to an activating group) is 1. The van der Waals surface area contributed by atoms with E-state index in [2.05, 4.69) is 79.9 Å². The molecule has 1 amide bonds. The van der Waals surface area contributed by atoms with Crippen molar-refractivity contribution in [2.24, 2.45) is 0 Å². The smallest absolute Gasteiger partial charge is 0.387 e. The fourth-order valence-electron chi connectivity index (χ4n) is 10.3. The molecule has 0 aromatic carbocycles. The number of nitrogens with one attached hydrogen (secondary N) is 1. The molecule has 0 radical (unpaired) electrons. The lowest BCUT2D eigenvalue weighted by molar-refractivity contribution is -0.870. The van der Waals surface area contributed by atoms with Crippen LogP contribution in [0.1, 0.15) is 328 Å². The van der Waals surface area contributed by atoms with Crippen LogP contribution in [0, 0.1) is 0 Å². The number of quaternary nitrogens is 1. The van der Waals surface area contributed by atoms with E-state index in [0.717, 1.165) is 70.6 Å². The summed E-state index contributed by atoms with van der Waals surface area (Å²) in [5, 5.41) is 14.0. The highest BCUT2D eigenvalue weighted by Crippen LogP contribution is 2.43. The molecule has 0 aliphatic rings. The van der Waals surface area contributed by atoms with Crippen LogP contribution < -0.4 is 5.32 Å². The predicted molar refractivity (Wildman–Crippen MR) is 355 cm³/mol. The Bertz CT molecular complexity index is 1550. The number of allylic oxidation sites excluding steroid dienone is 11. The Morgan fingerprint density at radius 2 is 0.741 bits per heavy atom. The summed E-state index contributed by atoms with van der Waals surface area (Å²) in [6.45, 7) is 4.74. The van der Waals surface area contributed by atoms with Crippen LogP contribution in [0.3, 0.4) is 0 Å². The van der Waals surface area contributed by atoms with Crippen molar-refractivity contribution < 1.29 is 32.9 Å². The molecule has 0 saturated carbocycles. The van der Waals surface area contributed by atoms with Crippen LogP contribution in [0.4, 0.5) is 0 Å². The Kier molecular flexibility index (Phi) is 60.9. The molecule has 474 valence electrons. The Balaban J connectivity index is 4.00. The molecule has 3 atom stereocenters. The molecule has 3 unspecified atom stereocenters. The van der Waals surface area contributed by atoms with Gasteiger partial charge in [0.2, 0.25) is 5.91 Å². The van der Waals surface area contributed by atoms with Crippen molar-refractivity contribution in [3.63, 3.8) is 0 Å². The number of unbranched alkanes of at least 4 members (excludes halogenated alkanes) is 41. The van der Waals surface area contributed by atoms with Crippen LogP contribution in [0.25, 0.3) is 0 Å². The number of carbonyl (C=O) groups is 1. The molecule has 0 bridgehead atoms. The summed E-state index contributed by atoms with van der Waals surface area (Å²) in [5.74, 6) is -0.172. The standard InChI is InChI=1S/C72H135N2O6P/c1-6-8-10-12-14-16-18-20-22-24-26-28-30-31-32-33-34-35-36-37-38-39-40-41-42-43-44-46-48-50-52-54-56-58-60-62-64-66-72(76)73-70(69-80-81(77,78)79-68-67-74(3,4)5)71(75)65-63-61-59-57-55-53-51-49-47-45-29-27-25-23-21-19-17-15-13-11-9-7-2/h8,10,14,16,20,22,26,28,31-32,63,65,70-71,75H,6-7,9,11-13,15,17-19,21,23-25,27,29-30,33-62,64,66-69H2,1-5H3,(H-,73,76,77,78)/p+1/b10-8-,16-14-,22-20-,28-26-,32-31-,65-63+. The van der Waals surface area contributed by atoms with E-state index in [1.54, 1.807) is 6.08 Å². The van der Waals surface area contributed by atoms with E-state index in [0.29, 0.717) is 17.4 Å². The van der Waals surface area contributed by atoms with Crippen LogP contribution in [0.15, 0.2) is 72.9 Å². The number of hydrogen-bond acceptors (Lipinski definition) is 5. The summed E-state index contributed by atoms with van der Waals surface area (Å²) in [4.78, 5) is 23.4. The first kappa shape index (κ1) is 78.9. The van der Waals surface area contributed by atoms with Crippen molar-refractivity contribution in [1.82, 2.24) is 5.32 Å². The third kappa shape index (κ3) is 65.3. The molecule has 0 aliphatic heterocycles. The first-order chi connectivity index (χ1) is 39.5. The van der Waals surface area contributed by atoms with Crippen molar-refractivity contribution in [2.45, 2.75) is 341 Å². The van der Waals surface area contributed by atoms with E-state index in [1.807, 2.05) is 27.2 Å². The van der Waals surface area contributed by atoms with E-state index >= 15 is 0 Å². The lowest BCUT2D eigenvalue weighted by Gasteiger charge is -2.25. The fourth-order valence-corrected chi connectivity index (χ4v) is 11.0. The van der Waals surface area contributed by atoms with Crippen LogP contribution in [0.5, 0.6) is 0 Å². The third-order valence-corrected chi connectivity index (χ3v) is 16.7. The summed E-state index contributed by atoms with van der Waals surface area (Å²) in [5.41, 5.74) is 0. The van der Waals surface area contributed by atoms with Gasteiger partial charge in [0.1, 0.15) is 13.2 Å². The molecule has 0 spiro atoms. The minimum atomic E-state index is -4.35. The molecule has 0 heterocycles. The number of phosphoric acid groups is 1. The van der Waals surface area contributed by atoms with Gasteiger partial charge in [-0.1, -0.05) is 331 Å². The van der Waals surface area contributed by atoms with Gasteiger partial charge in [-0.05, 0) is 64.2 Å². The number of amides is 1. The highest BCUT2D eigenvalue weighted by atomic mass is 31.2. The van der Waals surface area contributed by atoms with Crippen molar-refractivity contribution in [2.75, 3.05) is 40.9 Å². The Hall–Kier alpha value is -2.06. The predicted octanol–water partition coefficient (Wildman–Crippen LogP) is 22.2. The number of carbonyl (C=O) groups excluding carboxylic acids is 1. The van der Waals surface area contributed by atoms with Gasteiger partial charge in [0.25, 0.3) is 0 Å². The van der Waals surface area contributed by atoms with E-state index < -0.39 is 20.0 Å². The van der Waals surface area contributed by atoms with Gasteiger partial charge in [0.05, 0.1) is 39.9 Å². The average molecular weight is 1160 g/mol. The molecule has 81 heavy (non-hydrogen) atoms. The SMILES string of the molecule is CC/C=C\C/C=C\C/C=C\C/C=C\C/C=C\CCCCCCCCCCCCCCCCCCCCCCCC(=O)NC(COP(=O)(O)OCC[N+](C)(C)C)C(O)/C=C/CCCCCCCCCCCCCCCCCCCCCC. The molecule has 0 aromatic heterocycles. The summed E-state index contributed by atoms with van der Waals surface area (Å²) < 4.78 is 23.8. The molecule has 3 N–H and O–H groups in total. The second kappa shape index (κ2) is 62.5. The van der Waals surface area contributed by atoms with Gasteiger partial charge < -0.3 is 19.8 Å². The molecule has 0 rings (SSSR count). The number of rotatable bonds is 64. The van der Waals surface area contributed by atoms with Gasteiger partial charge >= 0.3 is 7.82 Å². The largest absolute Gasteiger partial charge is 0.472 e. The Morgan fingerprint density at radius 3 is 1.09 bits per heavy atom. The first-order valence-corrected chi connectivity index (χ1v) is 36.3. The summed E-state index contributed by atoms with van der Waals surface area (Å²) in [6.07, 6.45) is 87.6. The number of aliphatic hydroxyl groups excluding tert-OH is 1. The summed E-state index contributed by atoms with van der Waals surface area (Å²) >= 11 is 0. The van der Waals surface area contributed by atoms with Gasteiger partial charge in [0, 0.05) is 6.42 Å². The van der Waals surface area contributed by atoms with Crippen molar-refractivity contribution in [3.8, 4) is 0 Å². The zero-order valence-corrected chi connectivity index (χ0v) is 55.2. The van der Waals surface area contributed by atoms with Gasteiger partial charge in [-0.15, -0.1) is 0 Å². The second-order valence-corrected chi connectivity index (χ2v) is 26.3. The molecule has 8 nitrogen and oxygen atoms in total. The minimum absolute atomic E-state index is 0.0620. The zero-order chi connectivity index (χ0) is 59.1. The quantitative estimate of drug-likeness (QED) is 0.0243. The topological polar surface area (TPSA) is 105 Å². The third-order valence-electron chi connectivity index (χ3n) is 15.7. The summed E-state index contributed by atoms with van der Waals surface area (Å²) in [6, 6.07) is -0.848. The Morgan fingerprint density at radius 1 is 0.432 bits per heavy atom. The van der Waals surface area contributed by atoms with Crippen molar-refractivity contribution in [1.29, 1.82) is 0 Å². The normalized spacial score (nSPS) is 14.1. The van der Waals surface area contributed by atoms with Crippen molar-refractivity contribution >= 4 is 13.7 Å². The molecule has 0 fully saturated rings. The van der Waals surface area contributed by atoms with E-state index in [1.165, 1.54) is 238 Å². The maximum atomic E-state index is 13.0. The lowest BCUT2D eigenvalue weighted by atomic mass is 10.0. The van der Waals surface area contributed by atoms with Gasteiger partial charge in [-0.25, -0.2) is 4.57 Å². The number of nitrogens with zero attached hydrogens (tertiary/aromatic N) is 1. The van der Waals surface area contributed by atoms with Crippen LogP contribution in [-0.2, 0) is 18.4 Å². The number of hydrogen-bond donors (Lipinski definition) is 3. The fraction of sp³-hybridized carbons (Fsp3) is 0.819.